The first-order valence-corrected chi connectivity index (χ1v) is 4.24. The molecule has 0 aromatic heterocycles. The second kappa shape index (κ2) is 4.70. The van der Waals surface area contributed by atoms with Gasteiger partial charge in [-0.15, -0.1) is 0 Å². The molecule has 0 bridgehead atoms. The Morgan fingerprint density at radius 2 is 2.14 bits per heavy atom. The smallest absolute Gasteiger partial charge is 0.303 e. The Morgan fingerprint density at radius 3 is 2.64 bits per heavy atom. The quantitative estimate of drug-likeness (QED) is 0.543. The normalized spacial score (nSPS) is 38.0. The van der Waals surface area contributed by atoms with Crippen LogP contribution in [-0.4, -0.2) is 54.5 Å². The molecule has 82 valence electrons. The van der Waals surface area contributed by atoms with Crippen molar-refractivity contribution in [3.8, 4) is 0 Å². The molecule has 0 spiro atoms. The molecule has 0 amide bonds. The van der Waals surface area contributed by atoms with E-state index in [4.69, 9.17) is 19.3 Å². The van der Waals surface area contributed by atoms with E-state index in [-0.39, 0.29) is 6.61 Å². The van der Waals surface area contributed by atoms with E-state index in [1.54, 1.807) is 0 Å². The molecule has 6 nitrogen and oxygen atoms in total. The lowest BCUT2D eigenvalue weighted by Gasteiger charge is -2.36. The molecule has 2 N–H and O–H groups in total. The maximum atomic E-state index is 10.7. The summed E-state index contributed by atoms with van der Waals surface area (Å²) in [4.78, 5) is 10.7. The van der Waals surface area contributed by atoms with Gasteiger partial charge in [0.15, 0.2) is 12.4 Å². The van der Waals surface area contributed by atoms with Crippen LogP contribution in [0.25, 0.3) is 0 Å². The summed E-state index contributed by atoms with van der Waals surface area (Å²) < 4.78 is 14.6. The van der Waals surface area contributed by atoms with Gasteiger partial charge in [0, 0.05) is 14.0 Å². The molecule has 0 aliphatic carbocycles. The lowest BCUT2D eigenvalue weighted by atomic mass is 10.1. The van der Waals surface area contributed by atoms with Crippen LogP contribution in [0.5, 0.6) is 0 Å². The molecule has 1 rings (SSSR count). The number of aliphatic hydroxyl groups excluding tert-OH is 2. The third-order valence-electron chi connectivity index (χ3n) is 2.02. The Labute approximate surface area is 81.4 Å². The van der Waals surface area contributed by atoms with Crippen LogP contribution in [0.4, 0.5) is 0 Å². The van der Waals surface area contributed by atoms with E-state index in [1.807, 2.05) is 0 Å². The van der Waals surface area contributed by atoms with E-state index in [0.717, 1.165) is 0 Å². The number of hydrogen-bond donors (Lipinski definition) is 2. The van der Waals surface area contributed by atoms with Crippen LogP contribution in [-0.2, 0) is 19.0 Å². The number of hydrogen-bond acceptors (Lipinski definition) is 6. The molecule has 0 aromatic carbocycles. The van der Waals surface area contributed by atoms with Crippen molar-refractivity contribution in [3.05, 3.63) is 0 Å². The van der Waals surface area contributed by atoms with Gasteiger partial charge in [-0.3, -0.25) is 4.79 Å². The molecule has 0 aromatic rings. The summed E-state index contributed by atoms with van der Waals surface area (Å²) in [6, 6.07) is 0. The van der Waals surface area contributed by atoms with Crippen LogP contribution in [0.2, 0.25) is 0 Å². The van der Waals surface area contributed by atoms with Gasteiger partial charge in [0.2, 0.25) is 0 Å². The minimum absolute atomic E-state index is 0.0102. The highest BCUT2D eigenvalue weighted by Crippen LogP contribution is 2.18. The first kappa shape index (κ1) is 11.4. The minimum atomic E-state index is -1.30. The Kier molecular flexibility index (Phi) is 3.82. The molecule has 0 radical (unpaired) electrons. The van der Waals surface area contributed by atoms with Gasteiger partial charge < -0.3 is 24.4 Å². The third-order valence-corrected chi connectivity index (χ3v) is 2.02. The van der Waals surface area contributed by atoms with Crippen LogP contribution in [0.3, 0.4) is 0 Å². The van der Waals surface area contributed by atoms with Crippen molar-refractivity contribution in [2.24, 2.45) is 0 Å². The number of ether oxygens (including phenoxy) is 3. The van der Waals surface area contributed by atoms with E-state index in [1.165, 1.54) is 14.0 Å². The minimum Gasteiger partial charge on any atom is -0.457 e. The molecule has 4 atom stereocenters. The lowest BCUT2D eigenvalue weighted by molar-refractivity contribution is -0.261. The Morgan fingerprint density at radius 1 is 1.50 bits per heavy atom. The predicted molar refractivity (Wildman–Crippen MR) is 44.3 cm³/mol. The molecule has 6 heteroatoms. The van der Waals surface area contributed by atoms with Crippen molar-refractivity contribution in [1.29, 1.82) is 0 Å². The van der Waals surface area contributed by atoms with E-state index < -0.39 is 30.6 Å². The van der Waals surface area contributed by atoms with Crippen LogP contribution in [0, 0.1) is 0 Å². The SMILES string of the molecule is COC1C(OC(C)=O)COC(O)C1O. The summed E-state index contributed by atoms with van der Waals surface area (Å²) in [6.07, 6.45) is -3.96. The van der Waals surface area contributed by atoms with Gasteiger partial charge in [-0.2, -0.15) is 0 Å². The number of carbonyl (C=O) groups is 1. The maximum absolute atomic E-state index is 10.7. The zero-order valence-corrected chi connectivity index (χ0v) is 8.04. The van der Waals surface area contributed by atoms with Gasteiger partial charge in [0.05, 0.1) is 6.61 Å². The standard InChI is InChI=1S/C8H14O6/c1-4(9)14-5-3-13-8(11)6(10)7(5)12-2/h5-8,10-11H,3H2,1-2H3. The van der Waals surface area contributed by atoms with Crippen molar-refractivity contribution >= 4 is 5.97 Å². The number of carbonyl (C=O) groups excluding carboxylic acids is 1. The number of rotatable bonds is 2. The summed E-state index contributed by atoms with van der Waals surface area (Å²) in [5, 5.41) is 18.6. The van der Waals surface area contributed by atoms with Gasteiger partial charge >= 0.3 is 5.97 Å². The van der Waals surface area contributed by atoms with Crippen LogP contribution in [0.15, 0.2) is 0 Å². The highest BCUT2D eigenvalue weighted by molar-refractivity contribution is 5.66. The molecule has 1 saturated heterocycles. The van der Waals surface area contributed by atoms with E-state index >= 15 is 0 Å². The monoisotopic (exact) mass is 206 g/mol. The number of esters is 1. The predicted octanol–water partition coefficient (Wildman–Crippen LogP) is -1.36. The fourth-order valence-corrected chi connectivity index (χ4v) is 1.37. The Hall–Kier alpha value is -0.690. The fraction of sp³-hybridized carbons (Fsp3) is 0.875. The molecule has 4 unspecified atom stereocenters. The number of aliphatic hydroxyl groups is 2. The van der Waals surface area contributed by atoms with Crippen molar-refractivity contribution in [3.63, 3.8) is 0 Å². The molecular weight excluding hydrogens is 192 g/mol. The van der Waals surface area contributed by atoms with Gasteiger partial charge in [-0.25, -0.2) is 0 Å². The summed E-state index contributed by atoms with van der Waals surface area (Å²) in [7, 11) is 1.36. The highest BCUT2D eigenvalue weighted by atomic mass is 16.7. The van der Waals surface area contributed by atoms with Crippen molar-refractivity contribution < 1.29 is 29.2 Å². The fourth-order valence-electron chi connectivity index (χ4n) is 1.37. The second-order valence-electron chi connectivity index (χ2n) is 3.06. The summed E-state index contributed by atoms with van der Waals surface area (Å²) in [6.45, 7) is 1.26. The van der Waals surface area contributed by atoms with Crippen LogP contribution < -0.4 is 0 Å². The van der Waals surface area contributed by atoms with Gasteiger partial charge in [-0.05, 0) is 0 Å². The van der Waals surface area contributed by atoms with Crippen molar-refractivity contribution in [1.82, 2.24) is 0 Å². The molecular formula is C8H14O6. The first-order valence-electron chi connectivity index (χ1n) is 4.24. The summed E-state index contributed by atoms with van der Waals surface area (Å²) in [5.74, 6) is -0.482. The van der Waals surface area contributed by atoms with Crippen molar-refractivity contribution in [2.75, 3.05) is 13.7 Å². The Bertz CT molecular complexity index is 206. The highest BCUT2D eigenvalue weighted by Gasteiger charge is 2.40. The third kappa shape index (κ3) is 2.42. The van der Waals surface area contributed by atoms with E-state index in [0.29, 0.717) is 0 Å². The van der Waals surface area contributed by atoms with E-state index in [2.05, 4.69) is 0 Å². The topological polar surface area (TPSA) is 85.2 Å². The Balaban J connectivity index is 2.62. The average Bonchev–Trinajstić information content (AvgIpc) is 2.11. The average molecular weight is 206 g/mol. The van der Waals surface area contributed by atoms with Crippen molar-refractivity contribution in [2.45, 2.75) is 31.5 Å². The second-order valence-corrected chi connectivity index (χ2v) is 3.06. The van der Waals surface area contributed by atoms with Gasteiger partial charge in [-0.1, -0.05) is 0 Å². The largest absolute Gasteiger partial charge is 0.457 e. The maximum Gasteiger partial charge on any atom is 0.303 e. The zero-order chi connectivity index (χ0) is 10.7. The molecule has 0 saturated carbocycles. The van der Waals surface area contributed by atoms with E-state index in [9.17, 15) is 9.90 Å². The molecule has 1 fully saturated rings. The molecule has 14 heavy (non-hydrogen) atoms. The first-order chi connectivity index (χ1) is 6.56. The molecule has 1 aliphatic heterocycles. The number of methoxy groups -OCH3 is 1. The summed E-state index contributed by atoms with van der Waals surface area (Å²) in [5.41, 5.74) is 0. The molecule has 1 aliphatic rings. The molecule has 1 heterocycles. The van der Waals surface area contributed by atoms with Gasteiger partial charge in [0.1, 0.15) is 12.2 Å². The zero-order valence-electron chi connectivity index (χ0n) is 8.04. The van der Waals surface area contributed by atoms with Gasteiger partial charge in [0.25, 0.3) is 0 Å². The lowest BCUT2D eigenvalue weighted by Crippen LogP contribution is -2.55. The van der Waals surface area contributed by atoms with Crippen LogP contribution in [0.1, 0.15) is 6.92 Å². The van der Waals surface area contributed by atoms with Crippen LogP contribution >= 0.6 is 0 Å². The summed E-state index contributed by atoms with van der Waals surface area (Å²) >= 11 is 0.